The van der Waals surface area contributed by atoms with Gasteiger partial charge in [-0.3, -0.25) is 4.79 Å². The molecule has 0 saturated heterocycles. The van der Waals surface area contributed by atoms with Gasteiger partial charge in [0.25, 0.3) is 0 Å². The van der Waals surface area contributed by atoms with Gasteiger partial charge in [0.2, 0.25) is 5.91 Å². The molecule has 1 aliphatic carbocycles. The number of anilines is 1. The molecule has 0 spiro atoms. The smallest absolute Gasteiger partial charge is 0.341 e. The first-order chi connectivity index (χ1) is 14.1. The maximum Gasteiger partial charge on any atom is 0.341 e. The van der Waals surface area contributed by atoms with Crippen LogP contribution in [0.1, 0.15) is 65.4 Å². The van der Waals surface area contributed by atoms with Gasteiger partial charge >= 0.3 is 5.97 Å². The molecule has 5 nitrogen and oxygen atoms in total. The zero-order valence-corrected chi connectivity index (χ0v) is 18.0. The molecular formula is C23H29NO4S. The lowest BCUT2D eigenvalue weighted by atomic mass is 9.95. The predicted molar refractivity (Wildman–Crippen MR) is 116 cm³/mol. The van der Waals surface area contributed by atoms with Crippen LogP contribution in [0.5, 0.6) is 5.75 Å². The third-order valence-electron chi connectivity index (χ3n) is 5.09. The molecule has 1 aromatic heterocycles. The Hall–Kier alpha value is -2.34. The first-order valence-corrected chi connectivity index (χ1v) is 11.2. The Morgan fingerprint density at radius 2 is 1.90 bits per heavy atom. The number of hydrogen-bond donors (Lipinski definition) is 1. The number of esters is 1. The molecule has 0 aliphatic heterocycles. The minimum atomic E-state index is -0.366. The molecular weight excluding hydrogens is 386 g/mol. The Morgan fingerprint density at radius 1 is 1.14 bits per heavy atom. The van der Waals surface area contributed by atoms with Gasteiger partial charge < -0.3 is 14.8 Å². The summed E-state index contributed by atoms with van der Waals surface area (Å²) in [6, 6.07) is 8.12. The number of carbonyl (C=O) groups excluding carboxylic acids is 2. The Balaban J connectivity index is 1.50. The van der Waals surface area contributed by atoms with Crippen LogP contribution in [0.2, 0.25) is 0 Å². The molecule has 1 aliphatic rings. The van der Waals surface area contributed by atoms with Gasteiger partial charge in [-0.25, -0.2) is 4.79 Å². The van der Waals surface area contributed by atoms with E-state index in [2.05, 4.69) is 24.4 Å². The number of rotatable bonds is 9. The molecule has 1 heterocycles. The average Bonchev–Trinajstić information content (AvgIpc) is 3.09. The van der Waals surface area contributed by atoms with Gasteiger partial charge in [-0.1, -0.05) is 25.5 Å². The first kappa shape index (κ1) is 21.4. The van der Waals surface area contributed by atoms with Gasteiger partial charge in [-0.05, 0) is 61.8 Å². The van der Waals surface area contributed by atoms with Gasteiger partial charge in [-0.15, -0.1) is 11.3 Å². The molecule has 0 radical (unpaired) electrons. The largest absolute Gasteiger partial charge is 0.494 e. The normalized spacial score (nSPS) is 12.9. The van der Waals surface area contributed by atoms with Crippen LogP contribution in [-0.2, 0) is 28.8 Å². The molecule has 1 amide bonds. The van der Waals surface area contributed by atoms with Crippen LogP contribution in [0.4, 0.5) is 5.00 Å². The Bertz CT molecular complexity index is 841. The van der Waals surface area contributed by atoms with E-state index in [4.69, 9.17) is 9.47 Å². The van der Waals surface area contributed by atoms with Gasteiger partial charge in [-0.2, -0.15) is 0 Å². The summed E-state index contributed by atoms with van der Waals surface area (Å²) in [5.41, 5.74) is 2.90. The first-order valence-electron chi connectivity index (χ1n) is 10.4. The SMILES string of the molecule is CCCc1ccc(OCCCC(=O)Nc2sc3c(c2C(=O)OC)CCCC3)cc1. The zero-order valence-electron chi connectivity index (χ0n) is 17.2. The van der Waals surface area contributed by atoms with Gasteiger partial charge in [0, 0.05) is 11.3 Å². The predicted octanol–water partition coefficient (Wildman–Crippen LogP) is 5.16. The van der Waals surface area contributed by atoms with Crippen molar-refractivity contribution in [3.8, 4) is 5.75 Å². The lowest BCUT2D eigenvalue weighted by Crippen LogP contribution is -2.15. The summed E-state index contributed by atoms with van der Waals surface area (Å²) in [5.74, 6) is 0.356. The number of fused-ring (bicyclic) bond motifs is 1. The summed E-state index contributed by atoms with van der Waals surface area (Å²) in [6.45, 7) is 2.64. The standard InChI is InChI=1S/C23H29NO4S/c1-3-7-16-11-13-17(14-12-16)28-15-6-10-20(25)24-22-21(23(26)27-2)18-8-4-5-9-19(18)29-22/h11-14H,3-10,15H2,1-2H3,(H,24,25). The topological polar surface area (TPSA) is 64.6 Å². The van der Waals surface area contributed by atoms with Crippen molar-refractivity contribution in [2.24, 2.45) is 0 Å². The van der Waals surface area contributed by atoms with Crippen LogP contribution in [0.15, 0.2) is 24.3 Å². The van der Waals surface area contributed by atoms with E-state index in [0.717, 1.165) is 49.8 Å². The minimum Gasteiger partial charge on any atom is -0.494 e. The molecule has 3 rings (SSSR count). The molecule has 0 unspecified atom stereocenters. The second kappa shape index (κ2) is 10.4. The average molecular weight is 416 g/mol. The van der Waals surface area contributed by atoms with Crippen LogP contribution in [-0.4, -0.2) is 25.6 Å². The fourth-order valence-corrected chi connectivity index (χ4v) is 4.92. The van der Waals surface area contributed by atoms with Crippen molar-refractivity contribution < 1.29 is 19.1 Å². The van der Waals surface area contributed by atoms with E-state index < -0.39 is 0 Å². The van der Waals surface area contributed by atoms with E-state index in [1.165, 1.54) is 28.9 Å². The lowest BCUT2D eigenvalue weighted by molar-refractivity contribution is -0.116. The number of nitrogens with one attached hydrogen (secondary N) is 1. The zero-order chi connectivity index (χ0) is 20.6. The monoisotopic (exact) mass is 415 g/mol. The summed E-state index contributed by atoms with van der Waals surface area (Å²) in [6.07, 6.45) is 7.18. The van der Waals surface area contributed by atoms with E-state index in [1.54, 1.807) is 0 Å². The molecule has 0 fully saturated rings. The number of hydrogen-bond acceptors (Lipinski definition) is 5. The van der Waals surface area contributed by atoms with Crippen LogP contribution in [0.25, 0.3) is 0 Å². The van der Waals surface area contributed by atoms with E-state index in [0.29, 0.717) is 30.0 Å². The van der Waals surface area contributed by atoms with E-state index in [-0.39, 0.29) is 11.9 Å². The molecule has 1 N–H and O–H groups in total. The molecule has 29 heavy (non-hydrogen) atoms. The fraction of sp³-hybridized carbons (Fsp3) is 0.478. The highest BCUT2D eigenvalue weighted by atomic mass is 32.1. The lowest BCUT2D eigenvalue weighted by Gasteiger charge is -2.11. The minimum absolute atomic E-state index is 0.101. The molecule has 1 aromatic carbocycles. The van der Waals surface area contributed by atoms with Crippen molar-refractivity contribution in [3.63, 3.8) is 0 Å². The second-order valence-electron chi connectivity index (χ2n) is 7.30. The summed E-state index contributed by atoms with van der Waals surface area (Å²) >= 11 is 1.51. The quantitative estimate of drug-likeness (QED) is 0.454. The molecule has 156 valence electrons. The Morgan fingerprint density at radius 3 is 2.62 bits per heavy atom. The van der Waals surface area contributed by atoms with Crippen molar-refractivity contribution in [2.45, 2.75) is 58.3 Å². The van der Waals surface area contributed by atoms with Crippen LogP contribution in [0.3, 0.4) is 0 Å². The van der Waals surface area contributed by atoms with Crippen molar-refractivity contribution in [3.05, 3.63) is 45.8 Å². The van der Waals surface area contributed by atoms with Crippen LogP contribution in [0, 0.1) is 0 Å². The number of aryl methyl sites for hydroxylation is 2. The van der Waals surface area contributed by atoms with Crippen molar-refractivity contribution in [1.29, 1.82) is 0 Å². The molecule has 0 bridgehead atoms. The third kappa shape index (κ3) is 5.60. The molecule has 0 atom stereocenters. The fourth-order valence-electron chi connectivity index (χ4n) is 3.62. The van der Waals surface area contributed by atoms with Crippen molar-refractivity contribution in [2.75, 3.05) is 19.0 Å². The highest BCUT2D eigenvalue weighted by Crippen LogP contribution is 2.38. The molecule has 0 saturated carbocycles. The summed E-state index contributed by atoms with van der Waals surface area (Å²) in [7, 11) is 1.38. The van der Waals surface area contributed by atoms with E-state index in [9.17, 15) is 9.59 Å². The Kier molecular flexibility index (Phi) is 7.69. The number of ether oxygens (including phenoxy) is 2. The summed E-state index contributed by atoms with van der Waals surface area (Å²) < 4.78 is 10.7. The number of benzene rings is 1. The number of carbonyl (C=O) groups is 2. The van der Waals surface area contributed by atoms with Gasteiger partial charge in [0.15, 0.2) is 0 Å². The maximum atomic E-state index is 12.4. The van der Waals surface area contributed by atoms with Crippen molar-refractivity contribution >= 4 is 28.2 Å². The van der Waals surface area contributed by atoms with E-state index in [1.807, 2.05) is 12.1 Å². The highest BCUT2D eigenvalue weighted by molar-refractivity contribution is 7.17. The summed E-state index contributed by atoms with van der Waals surface area (Å²) in [5, 5.41) is 3.55. The number of amides is 1. The van der Waals surface area contributed by atoms with Gasteiger partial charge in [0.1, 0.15) is 10.8 Å². The maximum absolute atomic E-state index is 12.4. The third-order valence-corrected chi connectivity index (χ3v) is 6.30. The summed E-state index contributed by atoms with van der Waals surface area (Å²) in [4.78, 5) is 25.8. The molecule has 6 heteroatoms. The Labute approximate surface area is 176 Å². The molecule has 2 aromatic rings. The van der Waals surface area contributed by atoms with E-state index >= 15 is 0 Å². The van der Waals surface area contributed by atoms with Crippen LogP contribution < -0.4 is 10.1 Å². The van der Waals surface area contributed by atoms with Crippen LogP contribution >= 0.6 is 11.3 Å². The number of thiophene rings is 1. The second-order valence-corrected chi connectivity index (χ2v) is 8.41. The van der Waals surface area contributed by atoms with Gasteiger partial charge in [0.05, 0.1) is 19.3 Å². The number of methoxy groups -OCH3 is 1. The highest BCUT2D eigenvalue weighted by Gasteiger charge is 2.26. The van der Waals surface area contributed by atoms with Crippen molar-refractivity contribution in [1.82, 2.24) is 0 Å².